The van der Waals surface area contributed by atoms with Crippen LogP contribution in [0.15, 0.2) is 69.9 Å². The second-order valence-corrected chi connectivity index (χ2v) is 4.25. The Labute approximate surface area is 105 Å². The summed E-state index contributed by atoms with van der Waals surface area (Å²) in [6, 6.07) is 19.4. The third-order valence-electron chi connectivity index (χ3n) is 2.94. The Balaban J connectivity index is 2.06. The summed E-state index contributed by atoms with van der Waals surface area (Å²) in [5.74, 6) is 0.699. The van der Waals surface area contributed by atoms with Gasteiger partial charge in [-0.1, -0.05) is 48.5 Å². The van der Waals surface area contributed by atoms with Crippen LogP contribution < -0.4 is 5.63 Å². The Hall–Kier alpha value is -2.35. The SMILES string of the molecule is O=c1oc(Cc2ccccc2)cc2ccccc12. The fourth-order valence-corrected chi connectivity index (χ4v) is 2.07. The fourth-order valence-electron chi connectivity index (χ4n) is 2.07. The number of fused-ring (bicyclic) bond motifs is 1. The van der Waals surface area contributed by atoms with E-state index in [0.29, 0.717) is 17.6 Å². The Morgan fingerprint density at radius 3 is 2.44 bits per heavy atom. The Kier molecular flexibility index (Phi) is 2.69. The van der Waals surface area contributed by atoms with E-state index >= 15 is 0 Å². The molecular weight excluding hydrogens is 224 g/mol. The summed E-state index contributed by atoms with van der Waals surface area (Å²) >= 11 is 0. The van der Waals surface area contributed by atoms with Crippen molar-refractivity contribution in [3.63, 3.8) is 0 Å². The van der Waals surface area contributed by atoms with E-state index in [1.54, 1.807) is 6.07 Å². The monoisotopic (exact) mass is 236 g/mol. The largest absolute Gasteiger partial charge is 0.427 e. The molecule has 0 bridgehead atoms. The lowest BCUT2D eigenvalue weighted by atomic mass is 10.1. The molecule has 0 aliphatic heterocycles. The van der Waals surface area contributed by atoms with Crippen molar-refractivity contribution in [2.45, 2.75) is 6.42 Å². The summed E-state index contributed by atoms with van der Waals surface area (Å²) in [6.45, 7) is 0. The van der Waals surface area contributed by atoms with E-state index in [1.807, 2.05) is 54.6 Å². The standard InChI is InChI=1S/C16H12O2/c17-16-15-9-5-4-8-13(15)11-14(18-16)10-12-6-2-1-3-7-12/h1-9,11H,10H2. The number of hydrogen-bond acceptors (Lipinski definition) is 2. The molecule has 0 atom stereocenters. The van der Waals surface area contributed by atoms with Gasteiger partial charge in [0.05, 0.1) is 5.39 Å². The fraction of sp³-hybridized carbons (Fsp3) is 0.0625. The summed E-state index contributed by atoms with van der Waals surface area (Å²) < 4.78 is 5.34. The first-order valence-corrected chi connectivity index (χ1v) is 5.88. The number of rotatable bonds is 2. The highest BCUT2D eigenvalue weighted by molar-refractivity contribution is 5.81. The first-order valence-electron chi connectivity index (χ1n) is 5.88. The first-order chi connectivity index (χ1) is 8.83. The van der Waals surface area contributed by atoms with Gasteiger partial charge in [-0.25, -0.2) is 4.79 Å². The van der Waals surface area contributed by atoms with E-state index in [9.17, 15) is 4.79 Å². The molecule has 0 N–H and O–H groups in total. The normalized spacial score (nSPS) is 10.7. The van der Waals surface area contributed by atoms with Crippen molar-refractivity contribution in [1.29, 1.82) is 0 Å². The van der Waals surface area contributed by atoms with Crippen LogP contribution in [0, 0.1) is 0 Å². The zero-order valence-electron chi connectivity index (χ0n) is 9.80. The van der Waals surface area contributed by atoms with Gasteiger partial charge in [0.15, 0.2) is 0 Å². The van der Waals surface area contributed by atoms with Gasteiger partial charge < -0.3 is 4.42 Å². The third-order valence-corrected chi connectivity index (χ3v) is 2.94. The smallest absolute Gasteiger partial charge is 0.343 e. The topological polar surface area (TPSA) is 30.2 Å². The average Bonchev–Trinajstić information content (AvgIpc) is 2.40. The van der Waals surface area contributed by atoms with Crippen LogP contribution in [0.5, 0.6) is 0 Å². The number of hydrogen-bond donors (Lipinski definition) is 0. The molecule has 88 valence electrons. The second kappa shape index (κ2) is 4.49. The van der Waals surface area contributed by atoms with Crippen molar-refractivity contribution in [2.75, 3.05) is 0 Å². The lowest BCUT2D eigenvalue weighted by Crippen LogP contribution is -2.02. The second-order valence-electron chi connectivity index (χ2n) is 4.25. The van der Waals surface area contributed by atoms with Gasteiger partial charge in [0.1, 0.15) is 5.76 Å². The van der Waals surface area contributed by atoms with Crippen molar-refractivity contribution >= 4 is 10.8 Å². The zero-order valence-corrected chi connectivity index (χ0v) is 9.80. The van der Waals surface area contributed by atoms with Gasteiger partial charge in [0, 0.05) is 6.42 Å². The molecule has 2 nitrogen and oxygen atoms in total. The average molecular weight is 236 g/mol. The molecular formula is C16H12O2. The van der Waals surface area contributed by atoms with Crippen LogP contribution in [0.3, 0.4) is 0 Å². The highest BCUT2D eigenvalue weighted by Crippen LogP contribution is 2.14. The summed E-state index contributed by atoms with van der Waals surface area (Å²) in [6.07, 6.45) is 0.640. The lowest BCUT2D eigenvalue weighted by molar-refractivity contribution is 0.476. The third kappa shape index (κ3) is 2.05. The van der Waals surface area contributed by atoms with Gasteiger partial charge in [-0.05, 0) is 23.1 Å². The Morgan fingerprint density at radius 1 is 0.889 bits per heavy atom. The van der Waals surface area contributed by atoms with E-state index in [2.05, 4.69) is 0 Å². The predicted octanol–water partition coefficient (Wildman–Crippen LogP) is 3.38. The van der Waals surface area contributed by atoms with E-state index in [1.165, 1.54) is 0 Å². The first kappa shape index (κ1) is 10.8. The molecule has 0 fully saturated rings. The van der Waals surface area contributed by atoms with E-state index in [0.717, 1.165) is 10.9 Å². The predicted molar refractivity (Wildman–Crippen MR) is 71.7 cm³/mol. The van der Waals surface area contributed by atoms with Gasteiger partial charge in [-0.15, -0.1) is 0 Å². The van der Waals surface area contributed by atoms with Crippen LogP contribution in [0.2, 0.25) is 0 Å². The Morgan fingerprint density at radius 2 is 1.61 bits per heavy atom. The van der Waals surface area contributed by atoms with Crippen molar-refractivity contribution in [2.24, 2.45) is 0 Å². The quantitative estimate of drug-likeness (QED) is 0.682. The molecule has 0 spiro atoms. The molecule has 0 aliphatic carbocycles. The molecule has 1 aromatic heterocycles. The summed E-state index contributed by atoms with van der Waals surface area (Å²) in [5.41, 5.74) is 0.870. The molecule has 0 saturated carbocycles. The van der Waals surface area contributed by atoms with Gasteiger partial charge in [0.25, 0.3) is 0 Å². The zero-order chi connectivity index (χ0) is 12.4. The van der Waals surface area contributed by atoms with Crippen LogP contribution in [0.25, 0.3) is 10.8 Å². The minimum absolute atomic E-state index is 0.265. The van der Waals surface area contributed by atoms with Crippen LogP contribution in [0.1, 0.15) is 11.3 Å². The molecule has 2 aromatic carbocycles. The van der Waals surface area contributed by atoms with Crippen molar-refractivity contribution in [3.05, 3.63) is 82.4 Å². The molecule has 0 amide bonds. The minimum Gasteiger partial charge on any atom is -0.427 e. The molecule has 0 radical (unpaired) electrons. The molecule has 18 heavy (non-hydrogen) atoms. The van der Waals surface area contributed by atoms with Crippen molar-refractivity contribution in [3.8, 4) is 0 Å². The van der Waals surface area contributed by atoms with Crippen LogP contribution in [0.4, 0.5) is 0 Å². The highest BCUT2D eigenvalue weighted by atomic mass is 16.4. The molecule has 0 saturated heterocycles. The van der Waals surface area contributed by atoms with E-state index < -0.39 is 0 Å². The molecule has 0 unspecified atom stereocenters. The van der Waals surface area contributed by atoms with Gasteiger partial charge in [-0.3, -0.25) is 0 Å². The number of benzene rings is 2. The van der Waals surface area contributed by atoms with Crippen LogP contribution in [-0.4, -0.2) is 0 Å². The van der Waals surface area contributed by atoms with E-state index in [4.69, 9.17) is 4.42 Å². The Bertz CT molecular complexity index is 727. The maximum Gasteiger partial charge on any atom is 0.343 e. The van der Waals surface area contributed by atoms with Crippen molar-refractivity contribution in [1.82, 2.24) is 0 Å². The highest BCUT2D eigenvalue weighted by Gasteiger charge is 2.04. The summed E-state index contributed by atoms with van der Waals surface area (Å²) in [4.78, 5) is 11.8. The summed E-state index contributed by atoms with van der Waals surface area (Å²) in [5, 5.41) is 1.56. The van der Waals surface area contributed by atoms with Gasteiger partial charge in [-0.2, -0.15) is 0 Å². The molecule has 3 aromatic rings. The maximum absolute atomic E-state index is 11.8. The van der Waals surface area contributed by atoms with Gasteiger partial charge >= 0.3 is 5.63 Å². The molecule has 3 rings (SSSR count). The summed E-state index contributed by atoms with van der Waals surface area (Å²) in [7, 11) is 0. The molecule has 1 heterocycles. The van der Waals surface area contributed by atoms with E-state index in [-0.39, 0.29) is 5.63 Å². The van der Waals surface area contributed by atoms with Crippen LogP contribution >= 0.6 is 0 Å². The molecule has 0 aliphatic rings. The lowest BCUT2D eigenvalue weighted by Gasteiger charge is -2.02. The van der Waals surface area contributed by atoms with Crippen molar-refractivity contribution < 1.29 is 4.42 Å². The maximum atomic E-state index is 11.8. The minimum atomic E-state index is -0.265. The van der Waals surface area contributed by atoms with Gasteiger partial charge in [0.2, 0.25) is 0 Å². The molecule has 2 heteroatoms. The van der Waals surface area contributed by atoms with Crippen LogP contribution in [-0.2, 0) is 6.42 Å².